The summed E-state index contributed by atoms with van der Waals surface area (Å²) in [6.45, 7) is -0.288. The van der Waals surface area contributed by atoms with Gasteiger partial charge < -0.3 is 15.7 Å². The van der Waals surface area contributed by atoms with Crippen LogP contribution in [0.4, 0.5) is 34.1 Å². The number of nitrogens with one attached hydrogen (secondary N) is 2. The molecule has 0 bridgehead atoms. The fourth-order valence-corrected chi connectivity index (χ4v) is 9.87. The van der Waals surface area contributed by atoms with Crippen molar-refractivity contribution >= 4 is 116 Å². The second-order valence-corrected chi connectivity index (χ2v) is 20.6. The highest BCUT2D eigenvalue weighted by atomic mass is 32.2. The van der Waals surface area contributed by atoms with Gasteiger partial charge in [-0.1, -0.05) is 15.1 Å². The van der Waals surface area contributed by atoms with Gasteiger partial charge in [-0.25, -0.2) is 36.8 Å². The molecule has 0 saturated heterocycles. The predicted molar refractivity (Wildman–Crippen MR) is 232 cm³/mol. The zero-order chi connectivity index (χ0) is 47.9. The normalized spacial score (nSPS) is 12.8. The van der Waals surface area contributed by atoms with E-state index in [0.29, 0.717) is 12.0 Å². The smallest absolute Gasteiger partial charge is 0.283 e. The molecule has 0 aliphatic carbocycles. The van der Waals surface area contributed by atoms with Crippen molar-refractivity contribution in [2.45, 2.75) is 14.7 Å². The number of anilines is 2. The number of carbonyl (C=O) groups excluding carboxylic acids is 1. The lowest BCUT2D eigenvalue weighted by Crippen LogP contribution is -2.14. The number of rotatable bonds is 25. The van der Waals surface area contributed by atoms with Gasteiger partial charge in [0.05, 0.1) is 67.7 Å². The maximum atomic E-state index is 13.0. The fourth-order valence-electron chi connectivity index (χ4n) is 5.29. The van der Waals surface area contributed by atoms with Crippen molar-refractivity contribution < 1.29 is 92.0 Å². The van der Waals surface area contributed by atoms with E-state index in [1.54, 1.807) is 0 Å². The van der Waals surface area contributed by atoms with Crippen LogP contribution in [0.5, 0.6) is 5.75 Å². The van der Waals surface area contributed by atoms with Crippen molar-refractivity contribution in [3.05, 3.63) is 96.6 Å². The Bertz CT molecular complexity index is 2910. The van der Waals surface area contributed by atoms with E-state index in [9.17, 15) is 43.9 Å². The first-order valence-electron chi connectivity index (χ1n) is 17.6. The van der Waals surface area contributed by atoms with Gasteiger partial charge in [-0.05, 0) is 91.0 Å². The Morgan fingerprint density at radius 2 is 1.29 bits per heavy atom. The van der Waals surface area contributed by atoms with Crippen LogP contribution in [0.2, 0.25) is 0 Å². The van der Waals surface area contributed by atoms with E-state index < -0.39 is 75.7 Å². The van der Waals surface area contributed by atoms with E-state index in [0.717, 1.165) is 0 Å². The van der Waals surface area contributed by atoms with Crippen molar-refractivity contribution in [3.63, 3.8) is 0 Å². The van der Waals surface area contributed by atoms with E-state index in [2.05, 4.69) is 59.2 Å². The van der Waals surface area contributed by atoms with Crippen LogP contribution in [0.3, 0.4) is 0 Å². The van der Waals surface area contributed by atoms with Gasteiger partial charge in [-0.3, -0.25) is 13.5 Å². The molecule has 0 radical (unpaired) electrons. The van der Waals surface area contributed by atoms with E-state index in [4.69, 9.17) is 20.0 Å². The zero-order valence-corrected chi connectivity index (χ0v) is 37.7. The summed E-state index contributed by atoms with van der Waals surface area (Å²) in [7, 11) is -12.3. The summed E-state index contributed by atoms with van der Waals surface area (Å²) in [4.78, 5) is 12.7. The number of hydrogen-bond donors (Lipinski definition) is 7. The lowest BCUT2D eigenvalue weighted by atomic mass is 10.1. The molecule has 5 aromatic carbocycles. The molecule has 0 saturated carbocycles. The molecule has 1 unspecified atom stereocenters. The molecule has 0 aliphatic rings. The summed E-state index contributed by atoms with van der Waals surface area (Å²) in [6, 6.07) is 19.9. The average molecular weight is 1040 g/mol. The second kappa shape index (κ2) is 24.1. The van der Waals surface area contributed by atoms with Crippen molar-refractivity contribution in [1.29, 1.82) is 0 Å². The monoisotopic (exact) mass is 1040 g/mol. The third-order valence-corrected chi connectivity index (χ3v) is 14.2. The van der Waals surface area contributed by atoms with Crippen LogP contribution < -0.4 is 10.6 Å². The van der Waals surface area contributed by atoms with Crippen LogP contribution in [-0.4, -0.2) is 90.5 Å². The Morgan fingerprint density at radius 1 is 0.697 bits per heavy atom. The Balaban J connectivity index is 1.39. The molecule has 5 rings (SSSR count). The second-order valence-electron chi connectivity index (χ2n) is 12.5. The molecule has 0 aromatic heterocycles. The van der Waals surface area contributed by atoms with Gasteiger partial charge in [-0.2, -0.15) is 18.6 Å². The van der Waals surface area contributed by atoms with Crippen LogP contribution in [0.15, 0.2) is 126 Å². The number of benzene rings is 5. The summed E-state index contributed by atoms with van der Waals surface area (Å²) < 4.78 is 112. The number of nitrogens with zero attached hydrogens (tertiary/aromatic N) is 4. The molecule has 1 amide bonds. The number of azo groups is 2. The standard InChI is InChI=1S/C34H32N6O20S6/c41-33-27-13-14-29(35-20-66(51,52)53)31(28(27)19-30(61-58-55-43)32(33)40-38-24-7-11-26(12-8-24)65(49,50)18-16-63(46)60-57-45)39-37-23-3-1-21(2-4-23)34(42)36-22-5-9-25(10-6-22)64(47,48)17-15-54-62-59-56-44/h1-14,19,35,41,43-45H,15-18,20H2,(H,36,42)(H,51,52,53)/b39-37+,40-38+. The third-order valence-electron chi connectivity index (χ3n) is 8.30. The molecular weight excluding hydrogens is 1000 g/mol. The summed E-state index contributed by atoms with van der Waals surface area (Å²) in [6.07, 6.45) is 0. The minimum Gasteiger partial charge on any atom is -0.505 e. The Kier molecular flexibility index (Phi) is 18.9. The minimum atomic E-state index is -4.57. The number of carbonyl (C=O) groups is 1. The molecule has 32 heteroatoms. The summed E-state index contributed by atoms with van der Waals surface area (Å²) >= 11 is -1.66. The lowest BCUT2D eigenvalue weighted by molar-refractivity contribution is -0.434. The Labute approximate surface area is 384 Å². The van der Waals surface area contributed by atoms with Crippen LogP contribution in [0.25, 0.3) is 10.8 Å². The molecule has 1 atom stereocenters. The summed E-state index contributed by atoms with van der Waals surface area (Å²) in [5.41, 5.74) is 0.340. The van der Waals surface area contributed by atoms with Gasteiger partial charge in [0.1, 0.15) is 17.3 Å². The van der Waals surface area contributed by atoms with Crippen molar-refractivity contribution in [2.24, 2.45) is 20.5 Å². The zero-order valence-electron chi connectivity index (χ0n) is 32.8. The largest absolute Gasteiger partial charge is 0.505 e. The quantitative estimate of drug-likeness (QED) is 0.00776. The number of phenolic OH excluding ortho intramolecular Hbond substituents is 1. The molecule has 5 aromatic rings. The lowest BCUT2D eigenvalue weighted by Gasteiger charge is -2.14. The van der Waals surface area contributed by atoms with Crippen molar-refractivity contribution in [3.8, 4) is 5.75 Å². The topological polar surface area (TPSA) is 376 Å². The molecule has 26 nitrogen and oxygen atoms in total. The first kappa shape index (κ1) is 51.9. The Morgan fingerprint density at radius 3 is 1.89 bits per heavy atom. The van der Waals surface area contributed by atoms with Gasteiger partial charge >= 0.3 is 0 Å². The number of amides is 1. The molecule has 0 spiro atoms. The van der Waals surface area contributed by atoms with E-state index >= 15 is 0 Å². The molecule has 0 fully saturated rings. The van der Waals surface area contributed by atoms with E-state index in [1.165, 1.54) is 91.0 Å². The number of hydrogen-bond acceptors (Lipinski definition) is 26. The molecular formula is C34H32N6O20S6. The highest BCUT2D eigenvalue weighted by Crippen LogP contribution is 2.48. The molecule has 66 heavy (non-hydrogen) atoms. The number of fused-ring (bicyclic) bond motifs is 1. The molecule has 354 valence electrons. The number of phenols is 1. The first-order chi connectivity index (χ1) is 31.4. The third kappa shape index (κ3) is 15.0. The average Bonchev–Trinajstić information content (AvgIpc) is 3.29. The van der Waals surface area contributed by atoms with Crippen molar-refractivity contribution in [1.82, 2.24) is 0 Å². The molecule has 0 heterocycles. The molecule has 0 aliphatic heterocycles. The van der Waals surface area contributed by atoms with Gasteiger partial charge in [0.15, 0.2) is 48.8 Å². The summed E-state index contributed by atoms with van der Waals surface area (Å²) in [5, 5.41) is 68.9. The van der Waals surface area contributed by atoms with Crippen LogP contribution in [0.1, 0.15) is 10.4 Å². The van der Waals surface area contributed by atoms with Gasteiger partial charge in [-0.15, -0.1) is 23.2 Å². The number of aromatic hydroxyl groups is 1. The maximum absolute atomic E-state index is 13.0. The van der Waals surface area contributed by atoms with E-state index in [1.807, 2.05) is 0 Å². The fraction of sp³-hybridized carbons (Fsp3) is 0.147. The maximum Gasteiger partial charge on any atom is 0.283 e. The highest BCUT2D eigenvalue weighted by Gasteiger charge is 2.21. The highest BCUT2D eigenvalue weighted by molar-refractivity contribution is 7.94. The SMILES string of the molecule is O=C(Nc1ccc(S(=O)(=O)CCOSOOO)cc1)c1ccc(/N=N/c2c(NCS(=O)(=O)O)ccc3c(O)c(/N=N/c4ccc(S(=O)(=O)CCS(=O)OOO)cc4)c(SOOO)cc23)cc1. The summed E-state index contributed by atoms with van der Waals surface area (Å²) in [5.74, 6) is -3.65. The first-order valence-corrected chi connectivity index (χ1v) is 25.2. The van der Waals surface area contributed by atoms with Crippen LogP contribution in [-0.2, 0) is 73.2 Å². The number of sulfone groups is 2. The predicted octanol–water partition coefficient (Wildman–Crippen LogP) is 6.95. The van der Waals surface area contributed by atoms with Gasteiger partial charge in [0.2, 0.25) is 0 Å². The van der Waals surface area contributed by atoms with Gasteiger partial charge in [0.25, 0.3) is 16.0 Å². The van der Waals surface area contributed by atoms with Gasteiger partial charge in [0, 0.05) is 22.0 Å². The van der Waals surface area contributed by atoms with Crippen LogP contribution in [0, 0.1) is 0 Å². The van der Waals surface area contributed by atoms with Crippen LogP contribution >= 0.6 is 24.4 Å². The minimum absolute atomic E-state index is 0.00614. The van der Waals surface area contributed by atoms with Crippen molar-refractivity contribution in [2.75, 3.05) is 40.4 Å². The van der Waals surface area contributed by atoms with E-state index in [-0.39, 0.29) is 84.1 Å². The Hall–Kier alpha value is -5.11. The molecule has 7 N–H and O–H groups in total.